The van der Waals surface area contributed by atoms with Crippen molar-refractivity contribution in [3.63, 3.8) is 0 Å². The third-order valence-corrected chi connectivity index (χ3v) is 5.27. The van der Waals surface area contributed by atoms with Gasteiger partial charge in [-0.1, -0.05) is 37.8 Å². The van der Waals surface area contributed by atoms with Crippen LogP contribution < -0.4 is 15.5 Å². The molecule has 0 heterocycles. The highest BCUT2D eigenvalue weighted by Gasteiger charge is 2.21. The van der Waals surface area contributed by atoms with Gasteiger partial charge < -0.3 is 20.4 Å². The van der Waals surface area contributed by atoms with Crippen molar-refractivity contribution < 1.29 is 9.59 Å². The Kier molecular flexibility index (Phi) is 8.10. The molecule has 27 heavy (non-hydrogen) atoms. The van der Waals surface area contributed by atoms with E-state index in [0.29, 0.717) is 6.54 Å². The van der Waals surface area contributed by atoms with Crippen LogP contribution in [-0.2, 0) is 9.59 Å². The summed E-state index contributed by atoms with van der Waals surface area (Å²) < 4.78 is 0. The maximum atomic E-state index is 12.3. The van der Waals surface area contributed by atoms with Gasteiger partial charge in [0.2, 0.25) is 0 Å². The Balaban J connectivity index is 1.90. The molecule has 1 aliphatic carbocycles. The molecule has 0 aromatic heterocycles. The lowest BCUT2D eigenvalue weighted by molar-refractivity contribution is -0.139. The number of hydrogen-bond donors (Lipinski definition) is 2. The Morgan fingerprint density at radius 3 is 2.07 bits per heavy atom. The fraction of sp³-hybridized carbons (Fsp3) is 0.619. The van der Waals surface area contributed by atoms with Gasteiger partial charge in [0, 0.05) is 32.4 Å². The van der Waals surface area contributed by atoms with Gasteiger partial charge in [0.05, 0.1) is 6.04 Å². The second kappa shape index (κ2) is 10.3. The van der Waals surface area contributed by atoms with Crippen molar-refractivity contribution in [1.29, 1.82) is 0 Å². The maximum Gasteiger partial charge on any atom is 0.309 e. The van der Waals surface area contributed by atoms with E-state index in [1.807, 2.05) is 38.0 Å². The number of benzene rings is 1. The summed E-state index contributed by atoms with van der Waals surface area (Å²) in [4.78, 5) is 28.6. The first-order valence-corrected chi connectivity index (χ1v) is 9.91. The topological polar surface area (TPSA) is 64.7 Å². The van der Waals surface area contributed by atoms with Crippen molar-refractivity contribution in [3.05, 3.63) is 29.8 Å². The quantitative estimate of drug-likeness (QED) is 0.592. The first kappa shape index (κ1) is 21.2. The van der Waals surface area contributed by atoms with Gasteiger partial charge >= 0.3 is 11.8 Å². The van der Waals surface area contributed by atoms with E-state index in [1.54, 1.807) is 0 Å². The minimum atomic E-state index is -0.545. The number of amides is 2. The number of carbonyl (C=O) groups is 2. The first-order chi connectivity index (χ1) is 12.9. The zero-order chi connectivity index (χ0) is 19.8. The number of nitrogens with one attached hydrogen (secondary N) is 2. The van der Waals surface area contributed by atoms with Gasteiger partial charge in [0.25, 0.3) is 0 Å². The molecule has 0 saturated heterocycles. The Hall–Kier alpha value is -2.08. The zero-order valence-electron chi connectivity index (χ0n) is 17.1. The molecule has 2 rings (SSSR count). The number of rotatable bonds is 6. The van der Waals surface area contributed by atoms with Crippen LogP contribution in [0.25, 0.3) is 0 Å². The molecule has 1 saturated carbocycles. The minimum absolute atomic E-state index is 0.0100. The summed E-state index contributed by atoms with van der Waals surface area (Å²) in [6, 6.07) is 8.40. The van der Waals surface area contributed by atoms with E-state index < -0.39 is 11.8 Å². The Labute approximate surface area is 163 Å². The van der Waals surface area contributed by atoms with E-state index in [9.17, 15) is 9.59 Å². The summed E-state index contributed by atoms with van der Waals surface area (Å²) in [6.07, 6.45) is 6.62. The van der Waals surface area contributed by atoms with Gasteiger partial charge in [-0.3, -0.25) is 9.59 Å². The summed E-state index contributed by atoms with van der Waals surface area (Å²) in [5.74, 6) is -1.06. The lowest BCUT2D eigenvalue weighted by atomic mass is 10.1. The van der Waals surface area contributed by atoms with Gasteiger partial charge in [0.15, 0.2) is 0 Å². The average molecular weight is 375 g/mol. The number of nitrogens with zero attached hydrogens (tertiary/aromatic N) is 2. The summed E-state index contributed by atoms with van der Waals surface area (Å²) in [5, 5.41) is 5.70. The molecule has 0 radical (unpaired) electrons. The van der Waals surface area contributed by atoms with Crippen molar-refractivity contribution in [1.82, 2.24) is 15.5 Å². The summed E-state index contributed by atoms with van der Waals surface area (Å²) >= 11 is 0. The van der Waals surface area contributed by atoms with Crippen LogP contribution >= 0.6 is 0 Å². The van der Waals surface area contributed by atoms with Crippen LogP contribution in [0, 0.1) is 0 Å². The smallest absolute Gasteiger partial charge is 0.309 e. The lowest BCUT2D eigenvalue weighted by Gasteiger charge is -2.26. The first-order valence-electron chi connectivity index (χ1n) is 9.91. The van der Waals surface area contributed by atoms with Crippen LogP contribution in [0.2, 0.25) is 0 Å². The highest BCUT2D eigenvalue weighted by atomic mass is 16.2. The second-order valence-corrected chi connectivity index (χ2v) is 7.84. The Bertz CT molecular complexity index is 605. The largest absolute Gasteiger partial charge is 0.378 e. The van der Waals surface area contributed by atoms with E-state index >= 15 is 0 Å². The molecule has 1 aromatic rings. The van der Waals surface area contributed by atoms with Crippen molar-refractivity contribution in [2.75, 3.05) is 39.6 Å². The number of likely N-dealkylation sites (N-methyl/N-ethyl adjacent to an activating group) is 1. The van der Waals surface area contributed by atoms with Crippen molar-refractivity contribution >= 4 is 17.5 Å². The zero-order valence-corrected chi connectivity index (χ0v) is 17.1. The van der Waals surface area contributed by atoms with Crippen LogP contribution in [0.15, 0.2) is 24.3 Å². The molecule has 6 heteroatoms. The summed E-state index contributed by atoms with van der Waals surface area (Å²) in [7, 11) is 7.96. The van der Waals surface area contributed by atoms with Crippen molar-refractivity contribution in [3.8, 4) is 0 Å². The van der Waals surface area contributed by atoms with E-state index in [1.165, 1.54) is 12.8 Å². The SMILES string of the molecule is CN(C)c1ccc(C(CNC(=O)C(=O)NC2CCCCCC2)N(C)C)cc1. The fourth-order valence-electron chi connectivity index (χ4n) is 3.54. The molecule has 2 amide bonds. The minimum Gasteiger partial charge on any atom is -0.378 e. The maximum absolute atomic E-state index is 12.3. The van der Waals surface area contributed by atoms with Crippen LogP contribution in [0.1, 0.15) is 50.1 Å². The third kappa shape index (κ3) is 6.54. The van der Waals surface area contributed by atoms with E-state index in [4.69, 9.17) is 0 Å². The predicted molar refractivity (Wildman–Crippen MR) is 110 cm³/mol. The molecule has 1 unspecified atom stereocenters. The third-order valence-electron chi connectivity index (χ3n) is 5.27. The van der Waals surface area contributed by atoms with Gasteiger partial charge in [-0.05, 0) is 44.6 Å². The van der Waals surface area contributed by atoms with Crippen LogP contribution in [-0.4, -0.2) is 57.5 Å². The van der Waals surface area contributed by atoms with E-state index in [0.717, 1.165) is 36.9 Å². The Morgan fingerprint density at radius 1 is 0.963 bits per heavy atom. The molecule has 150 valence electrons. The molecular formula is C21H34N4O2. The second-order valence-electron chi connectivity index (χ2n) is 7.84. The fourth-order valence-corrected chi connectivity index (χ4v) is 3.54. The van der Waals surface area contributed by atoms with Gasteiger partial charge in [-0.25, -0.2) is 0 Å². The average Bonchev–Trinajstić information content (AvgIpc) is 2.90. The van der Waals surface area contributed by atoms with Crippen LogP contribution in [0.4, 0.5) is 5.69 Å². The molecule has 1 aromatic carbocycles. The molecule has 0 aliphatic heterocycles. The number of hydrogen-bond acceptors (Lipinski definition) is 4. The molecule has 1 aliphatic rings. The monoisotopic (exact) mass is 374 g/mol. The standard InChI is InChI=1S/C21H34N4O2/c1-24(2)18-13-11-16(12-14-18)19(25(3)4)15-22-20(26)21(27)23-17-9-7-5-6-8-10-17/h11-14,17,19H,5-10,15H2,1-4H3,(H,22,26)(H,23,27). The summed E-state index contributed by atoms with van der Waals surface area (Å²) in [6.45, 7) is 0.394. The van der Waals surface area contributed by atoms with Gasteiger partial charge in [0.1, 0.15) is 0 Å². The molecule has 0 spiro atoms. The predicted octanol–water partition coefficient (Wildman–Crippen LogP) is 2.31. The number of carbonyl (C=O) groups excluding carboxylic acids is 2. The molecule has 2 N–H and O–H groups in total. The molecule has 1 atom stereocenters. The van der Waals surface area contributed by atoms with Crippen LogP contribution in [0.5, 0.6) is 0 Å². The van der Waals surface area contributed by atoms with Gasteiger partial charge in [-0.2, -0.15) is 0 Å². The van der Waals surface area contributed by atoms with Crippen molar-refractivity contribution in [2.45, 2.75) is 50.6 Å². The van der Waals surface area contributed by atoms with E-state index in [-0.39, 0.29) is 12.1 Å². The van der Waals surface area contributed by atoms with Crippen LogP contribution in [0.3, 0.4) is 0 Å². The van der Waals surface area contributed by atoms with Gasteiger partial charge in [-0.15, -0.1) is 0 Å². The highest BCUT2D eigenvalue weighted by molar-refractivity contribution is 6.35. The molecule has 1 fully saturated rings. The molecule has 0 bridgehead atoms. The Morgan fingerprint density at radius 2 is 1.56 bits per heavy atom. The highest BCUT2D eigenvalue weighted by Crippen LogP contribution is 2.21. The normalized spacial score (nSPS) is 16.5. The summed E-state index contributed by atoms with van der Waals surface area (Å²) in [5.41, 5.74) is 2.23. The van der Waals surface area contributed by atoms with Crippen molar-refractivity contribution in [2.24, 2.45) is 0 Å². The lowest BCUT2D eigenvalue weighted by Crippen LogP contribution is -2.46. The molecule has 6 nitrogen and oxygen atoms in total. The number of anilines is 1. The van der Waals surface area contributed by atoms with E-state index in [2.05, 4.69) is 34.9 Å². The molecular weight excluding hydrogens is 340 g/mol.